The molecule has 1 N–H and O–H groups in total. The van der Waals surface area contributed by atoms with Gasteiger partial charge >= 0.3 is 0 Å². The van der Waals surface area contributed by atoms with E-state index in [4.69, 9.17) is 0 Å². The Kier molecular flexibility index (Phi) is 5.94. The molecule has 0 atom stereocenters. The van der Waals surface area contributed by atoms with Gasteiger partial charge in [0.2, 0.25) is 5.13 Å². The van der Waals surface area contributed by atoms with E-state index in [1.54, 1.807) is 45.3 Å². The van der Waals surface area contributed by atoms with E-state index in [2.05, 4.69) is 32.1 Å². The van der Waals surface area contributed by atoms with Crippen molar-refractivity contribution in [3.63, 3.8) is 0 Å². The van der Waals surface area contributed by atoms with Crippen LogP contribution in [0.5, 0.6) is 0 Å². The number of nitrogens with one attached hydrogen (secondary N) is 1. The van der Waals surface area contributed by atoms with E-state index in [0.29, 0.717) is 16.4 Å². The van der Waals surface area contributed by atoms with Crippen molar-refractivity contribution in [1.29, 1.82) is 0 Å². The van der Waals surface area contributed by atoms with Gasteiger partial charge in [-0.2, -0.15) is 5.10 Å². The maximum absolute atomic E-state index is 13.1. The third kappa shape index (κ3) is 4.62. The van der Waals surface area contributed by atoms with Gasteiger partial charge in [0.15, 0.2) is 4.34 Å². The topological polar surface area (TPSA) is 72.7 Å². The number of amides is 1. The van der Waals surface area contributed by atoms with E-state index in [-0.39, 0.29) is 5.91 Å². The standard InChI is InChI=1S/C21H15N5OS4/c27-19(22-20-23-24-21(31-20)30-13-15-8-4-10-28-15)16-12-26(14-6-2-1-3-7-14)25-18(16)17-9-5-11-29-17/h1-12H,13H2,(H,22,23,27). The van der Waals surface area contributed by atoms with Crippen molar-refractivity contribution < 1.29 is 4.79 Å². The molecule has 0 aliphatic carbocycles. The average Bonchev–Trinajstić information content (AvgIpc) is 3.60. The Labute approximate surface area is 194 Å². The number of anilines is 1. The van der Waals surface area contributed by atoms with Crippen molar-refractivity contribution in [1.82, 2.24) is 20.0 Å². The highest BCUT2D eigenvalue weighted by Gasteiger charge is 2.20. The molecule has 0 spiro atoms. The molecule has 31 heavy (non-hydrogen) atoms. The Morgan fingerprint density at radius 3 is 2.61 bits per heavy atom. The van der Waals surface area contributed by atoms with Gasteiger partial charge in [-0.3, -0.25) is 10.1 Å². The summed E-state index contributed by atoms with van der Waals surface area (Å²) in [6.45, 7) is 0. The number of hydrogen-bond acceptors (Lipinski definition) is 8. The van der Waals surface area contributed by atoms with Crippen LogP contribution in [0.2, 0.25) is 0 Å². The summed E-state index contributed by atoms with van der Waals surface area (Å²) in [4.78, 5) is 15.3. The second kappa shape index (κ2) is 9.15. The molecule has 0 fully saturated rings. The van der Waals surface area contributed by atoms with Gasteiger partial charge < -0.3 is 0 Å². The second-order valence-corrected chi connectivity index (χ2v) is 10.5. The molecule has 0 unspecified atom stereocenters. The molecule has 0 bridgehead atoms. The number of aromatic nitrogens is 4. The summed E-state index contributed by atoms with van der Waals surface area (Å²) >= 11 is 6.25. The number of thiophene rings is 2. The second-order valence-electron chi connectivity index (χ2n) is 6.34. The Morgan fingerprint density at radius 2 is 1.84 bits per heavy atom. The lowest BCUT2D eigenvalue weighted by molar-refractivity contribution is 0.102. The van der Waals surface area contributed by atoms with E-state index in [1.807, 2.05) is 53.9 Å². The number of para-hydroxylation sites is 1. The SMILES string of the molecule is O=C(Nc1nnc(SCc2cccs2)s1)c1cn(-c2ccccc2)nc1-c1cccs1. The van der Waals surface area contributed by atoms with Gasteiger partial charge in [-0.25, -0.2) is 4.68 Å². The van der Waals surface area contributed by atoms with Crippen LogP contribution in [0.1, 0.15) is 15.2 Å². The lowest BCUT2D eigenvalue weighted by Crippen LogP contribution is -2.12. The Balaban J connectivity index is 1.37. The molecule has 4 heterocycles. The fourth-order valence-corrected chi connectivity index (χ4v) is 6.10. The molecule has 6 nitrogen and oxygen atoms in total. The normalized spacial score (nSPS) is 11.0. The number of benzene rings is 1. The Bertz CT molecular complexity index is 1280. The quantitative estimate of drug-likeness (QED) is 0.226. The van der Waals surface area contributed by atoms with Crippen LogP contribution in [0.4, 0.5) is 5.13 Å². The Morgan fingerprint density at radius 1 is 1.00 bits per heavy atom. The first-order valence-corrected chi connectivity index (χ1v) is 12.8. The van der Waals surface area contributed by atoms with Crippen molar-refractivity contribution in [3.05, 3.63) is 82.0 Å². The van der Waals surface area contributed by atoms with Crippen LogP contribution >= 0.6 is 45.8 Å². The molecule has 5 aromatic rings. The number of carbonyl (C=O) groups excluding carboxylic acids is 1. The minimum atomic E-state index is -0.253. The highest BCUT2D eigenvalue weighted by atomic mass is 32.2. The zero-order valence-electron chi connectivity index (χ0n) is 16.0. The summed E-state index contributed by atoms with van der Waals surface area (Å²) in [5, 5.41) is 20.4. The van der Waals surface area contributed by atoms with Crippen molar-refractivity contribution in [2.75, 3.05) is 5.32 Å². The molecule has 10 heteroatoms. The fourth-order valence-electron chi connectivity index (χ4n) is 2.86. The highest BCUT2D eigenvalue weighted by molar-refractivity contribution is 8.00. The summed E-state index contributed by atoms with van der Waals surface area (Å²) in [7, 11) is 0. The van der Waals surface area contributed by atoms with E-state index >= 15 is 0 Å². The van der Waals surface area contributed by atoms with Gasteiger partial charge in [0.25, 0.3) is 5.91 Å². The van der Waals surface area contributed by atoms with Crippen LogP contribution in [0.15, 0.2) is 75.9 Å². The lowest BCUT2D eigenvalue weighted by atomic mass is 10.2. The fraction of sp³-hybridized carbons (Fsp3) is 0.0476. The first-order valence-electron chi connectivity index (χ1n) is 9.25. The zero-order chi connectivity index (χ0) is 21.0. The van der Waals surface area contributed by atoms with E-state index in [1.165, 1.54) is 16.2 Å². The average molecular weight is 482 g/mol. The maximum atomic E-state index is 13.1. The zero-order valence-corrected chi connectivity index (χ0v) is 19.2. The first-order chi connectivity index (χ1) is 15.3. The highest BCUT2D eigenvalue weighted by Crippen LogP contribution is 2.31. The molecular weight excluding hydrogens is 467 g/mol. The smallest absolute Gasteiger partial charge is 0.261 e. The van der Waals surface area contributed by atoms with Gasteiger partial charge in [-0.15, -0.1) is 32.9 Å². The van der Waals surface area contributed by atoms with Crippen molar-refractivity contribution in [3.8, 4) is 16.3 Å². The third-order valence-corrected chi connectivity index (χ3v) is 8.24. The van der Waals surface area contributed by atoms with Crippen molar-refractivity contribution >= 4 is 56.8 Å². The summed E-state index contributed by atoms with van der Waals surface area (Å²) in [5.41, 5.74) is 2.03. The molecule has 0 aliphatic rings. The van der Waals surface area contributed by atoms with E-state index in [9.17, 15) is 4.79 Å². The van der Waals surface area contributed by atoms with Crippen LogP contribution in [0, 0.1) is 0 Å². The van der Waals surface area contributed by atoms with Crippen LogP contribution in [-0.4, -0.2) is 25.9 Å². The summed E-state index contributed by atoms with van der Waals surface area (Å²) in [6, 6.07) is 17.8. The maximum Gasteiger partial charge on any atom is 0.261 e. The Hall–Kier alpha value is -2.79. The van der Waals surface area contributed by atoms with Crippen LogP contribution < -0.4 is 5.32 Å². The third-order valence-electron chi connectivity index (χ3n) is 4.28. The summed E-state index contributed by atoms with van der Waals surface area (Å²) in [6.07, 6.45) is 1.76. The van der Waals surface area contributed by atoms with Crippen LogP contribution in [0.25, 0.3) is 16.3 Å². The number of hydrogen-bond donors (Lipinski definition) is 1. The molecule has 0 saturated carbocycles. The molecule has 0 radical (unpaired) electrons. The lowest BCUT2D eigenvalue weighted by Gasteiger charge is -2.00. The molecule has 0 saturated heterocycles. The van der Waals surface area contributed by atoms with Crippen molar-refractivity contribution in [2.24, 2.45) is 0 Å². The largest absolute Gasteiger partial charge is 0.296 e. The van der Waals surface area contributed by atoms with E-state index in [0.717, 1.165) is 20.7 Å². The number of thioether (sulfide) groups is 1. The van der Waals surface area contributed by atoms with Gasteiger partial charge in [0, 0.05) is 16.8 Å². The predicted molar refractivity (Wildman–Crippen MR) is 129 cm³/mol. The minimum Gasteiger partial charge on any atom is -0.296 e. The van der Waals surface area contributed by atoms with Crippen LogP contribution in [-0.2, 0) is 5.75 Å². The minimum absolute atomic E-state index is 0.253. The first kappa shape index (κ1) is 20.1. The molecule has 154 valence electrons. The summed E-state index contributed by atoms with van der Waals surface area (Å²) in [5.74, 6) is 0.587. The number of carbonyl (C=O) groups is 1. The molecule has 0 aliphatic heterocycles. The van der Waals surface area contributed by atoms with Crippen LogP contribution in [0.3, 0.4) is 0 Å². The predicted octanol–water partition coefficient (Wildman–Crippen LogP) is 6.06. The van der Waals surface area contributed by atoms with Gasteiger partial charge in [0.1, 0.15) is 5.69 Å². The summed E-state index contributed by atoms with van der Waals surface area (Å²) < 4.78 is 2.55. The molecule has 1 aromatic carbocycles. The molecule has 1 amide bonds. The molecular formula is C21H15N5OS4. The van der Waals surface area contributed by atoms with Gasteiger partial charge in [0.05, 0.1) is 16.1 Å². The van der Waals surface area contributed by atoms with Gasteiger partial charge in [-0.1, -0.05) is 53.4 Å². The van der Waals surface area contributed by atoms with E-state index < -0.39 is 0 Å². The molecule has 5 rings (SSSR count). The number of nitrogens with zero attached hydrogens (tertiary/aromatic N) is 4. The van der Waals surface area contributed by atoms with Crippen molar-refractivity contribution in [2.45, 2.75) is 10.1 Å². The number of rotatable bonds is 7. The molecule has 4 aromatic heterocycles. The monoisotopic (exact) mass is 481 g/mol. The van der Waals surface area contributed by atoms with Gasteiger partial charge in [-0.05, 0) is 35.0 Å².